The molecule has 2 heteroatoms. The Kier molecular flexibility index (Phi) is 5.45. The summed E-state index contributed by atoms with van der Waals surface area (Å²) in [6.45, 7) is 17.2. The number of allylic oxidation sites excluding steroid dienone is 1. The summed E-state index contributed by atoms with van der Waals surface area (Å²) in [5.74, 6) is 0. The van der Waals surface area contributed by atoms with Crippen molar-refractivity contribution in [2.45, 2.75) is 90.6 Å². The van der Waals surface area contributed by atoms with Crippen LogP contribution in [0.25, 0.3) is 0 Å². The summed E-state index contributed by atoms with van der Waals surface area (Å²) in [5.41, 5.74) is 0. The van der Waals surface area contributed by atoms with E-state index in [4.69, 9.17) is 0 Å². The lowest BCUT2D eigenvalue weighted by atomic mass is 10.1. The summed E-state index contributed by atoms with van der Waals surface area (Å²) < 4.78 is 1.84. The van der Waals surface area contributed by atoms with E-state index in [9.17, 15) is 0 Å². The molecule has 0 atom stereocenters. The molecule has 0 aromatic heterocycles. The molecule has 19 heavy (non-hydrogen) atoms. The van der Waals surface area contributed by atoms with E-state index in [1.54, 1.807) is 0 Å². The lowest BCUT2D eigenvalue weighted by Crippen LogP contribution is -2.43. The minimum atomic E-state index is -1.38. The number of thioether (sulfide) groups is 1. The molecule has 0 unspecified atom stereocenters. The lowest BCUT2D eigenvalue weighted by molar-refractivity contribution is 0.631. The number of rotatable bonds is 6. The Morgan fingerprint density at radius 2 is 1.42 bits per heavy atom. The topological polar surface area (TPSA) is 0 Å². The van der Waals surface area contributed by atoms with Crippen LogP contribution < -0.4 is 0 Å². The Hall–Kier alpha value is 0.307. The number of hydrogen-bond acceptors (Lipinski definition) is 1. The molecule has 0 saturated carbocycles. The quantitative estimate of drug-likeness (QED) is 0.387. The van der Waals surface area contributed by atoms with Gasteiger partial charge in [-0.3, -0.25) is 0 Å². The van der Waals surface area contributed by atoms with E-state index in [2.05, 4.69) is 66.5 Å². The van der Waals surface area contributed by atoms with Crippen molar-refractivity contribution in [2.75, 3.05) is 6.26 Å². The summed E-state index contributed by atoms with van der Waals surface area (Å²) in [6.07, 6.45) is 9.26. The van der Waals surface area contributed by atoms with Gasteiger partial charge in [0.15, 0.2) is 0 Å². The lowest BCUT2D eigenvalue weighted by Gasteiger charge is -2.43. The molecule has 0 radical (unpaired) electrons. The molecular weight excluding hydrogens is 264 g/mol. The molecule has 0 nitrogen and oxygen atoms in total. The van der Waals surface area contributed by atoms with Crippen LogP contribution in [0.1, 0.15) is 80.6 Å². The fourth-order valence-electron chi connectivity index (χ4n) is 4.33. The van der Waals surface area contributed by atoms with Crippen LogP contribution in [0.3, 0.4) is 0 Å². The first kappa shape index (κ1) is 17.4. The summed E-state index contributed by atoms with van der Waals surface area (Å²) >= 11 is 2.06. The van der Waals surface area contributed by atoms with E-state index >= 15 is 0 Å². The average molecular weight is 299 g/mol. The Morgan fingerprint density at radius 1 is 0.895 bits per heavy atom. The fraction of sp³-hybridized carbons (Fsp3) is 0.882. The molecule has 0 bridgehead atoms. The van der Waals surface area contributed by atoms with Gasteiger partial charge in [-0.25, -0.2) is 0 Å². The van der Waals surface area contributed by atoms with Gasteiger partial charge in [-0.1, -0.05) is 72.9 Å². The highest BCUT2D eigenvalue weighted by molar-refractivity contribution is 8.06. The van der Waals surface area contributed by atoms with Gasteiger partial charge in [0.25, 0.3) is 0 Å². The summed E-state index contributed by atoms with van der Waals surface area (Å²) in [6, 6.07) is 0. The molecule has 1 rings (SSSR count). The summed E-state index contributed by atoms with van der Waals surface area (Å²) in [7, 11) is -1.38. The molecule has 0 amide bonds. The second-order valence-corrected chi connectivity index (χ2v) is 14.9. The zero-order valence-corrected chi connectivity index (χ0v) is 16.3. The van der Waals surface area contributed by atoms with Crippen molar-refractivity contribution in [3.8, 4) is 0 Å². The zero-order chi connectivity index (χ0) is 14.9. The molecule has 0 fully saturated rings. The van der Waals surface area contributed by atoms with E-state index in [0.717, 1.165) is 0 Å². The van der Waals surface area contributed by atoms with Gasteiger partial charge < -0.3 is 0 Å². The van der Waals surface area contributed by atoms with Crippen LogP contribution >= 0.6 is 11.8 Å². The predicted octanol–water partition coefficient (Wildman–Crippen LogP) is 6.71. The van der Waals surface area contributed by atoms with Gasteiger partial charge in [0.1, 0.15) is 8.07 Å². The third-order valence-electron chi connectivity index (χ3n) is 4.74. The van der Waals surface area contributed by atoms with Crippen LogP contribution in [-0.2, 0) is 0 Å². The highest BCUT2D eigenvalue weighted by Gasteiger charge is 2.67. The monoisotopic (exact) mass is 298 g/mol. The van der Waals surface area contributed by atoms with Gasteiger partial charge in [0.2, 0.25) is 0 Å². The van der Waals surface area contributed by atoms with Crippen molar-refractivity contribution in [1.82, 2.24) is 0 Å². The van der Waals surface area contributed by atoms with Gasteiger partial charge in [0.05, 0.1) is 0 Å². The van der Waals surface area contributed by atoms with E-state index < -0.39 is 8.07 Å². The minimum absolute atomic E-state index is 0.476. The SMILES string of the molecule is CCCCCCC1=C(SC)[Si]1(C(C)(C)C)C(C)(C)C. The van der Waals surface area contributed by atoms with Gasteiger partial charge in [-0.2, -0.15) is 0 Å². The summed E-state index contributed by atoms with van der Waals surface area (Å²) in [4.78, 5) is 0. The number of unbranched alkanes of at least 4 members (excludes halogenated alkanes) is 3. The van der Waals surface area contributed by atoms with Crippen molar-refractivity contribution in [1.29, 1.82) is 0 Å². The van der Waals surface area contributed by atoms with Crippen LogP contribution in [0.15, 0.2) is 9.72 Å². The zero-order valence-electron chi connectivity index (χ0n) is 14.4. The molecule has 1 aliphatic heterocycles. The summed E-state index contributed by atoms with van der Waals surface area (Å²) in [5, 5.41) is 2.86. The first-order valence-electron chi connectivity index (χ1n) is 7.92. The molecule has 1 aliphatic rings. The van der Waals surface area contributed by atoms with Gasteiger partial charge in [0, 0.05) is 0 Å². The normalized spacial score (nSPS) is 18.9. The largest absolute Gasteiger partial charge is 0.139 e. The van der Waals surface area contributed by atoms with Gasteiger partial charge >= 0.3 is 0 Å². The standard InChI is InChI=1S/C17H34SSi/c1-9-10-11-12-13-14-15(18-8)19(14,16(2,3)4)17(5,6)7/h9-13H2,1-8H3. The van der Waals surface area contributed by atoms with Crippen molar-refractivity contribution in [3.05, 3.63) is 9.72 Å². The van der Waals surface area contributed by atoms with Crippen molar-refractivity contribution in [2.24, 2.45) is 0 Å². The smallest absolute Gasteiger partial charge is 0.131 e. The Labute approximate surface area is 126 Å². The van der Waals surface area contributed by atoms with Crippen molar-refractivity contribution < 1.29 is 0 Å². The van der Waals surface area contributed by atoms with Crippen LogP contribution in [0, 0.1) is 0 Å². The highest BCUT2D eigenvalue weighted by atomic mass is 32.2. The third-order valence-corrected chi connectivity index (χ3v) is 13.7. The van der Waals surface area contributed by atoms with Gasteiger partial charge in [-0.15, -0.1) is 11.8 Å². The molecule has 0 N–H and O–H groups in total. The number of hydrogen-bond donors (Lipinski definition) is 0. The second-order valence-electron chi connectivity index (χ2n) is 8.07. The molecule has 0 aromatic rings. The van der Waals surface area contributed by atoms with Crippen LogP contribution in [-0.4, -0.2) is 14.3 Å². The maximum absolute atomic E-state index is 2.49. The molecule has 0 aromatic carbocycles. The molecular formula is C17H34SSi. The minimum Gasteiger partial charge on any atom is -0.139 e. The van der Waals surface area contributed by atoms with E-state index in [1.807, 2.05) is 9.72 Å². The Bertz CT molecular complexity index is 327. The first-order valence-corrected chi connectivity index (χ1v) is 11.1. The highest BCUT2D eigenvalue weighted by Crippen LogP contribution is 2.70. The van der Waals surface area contributed by atoms with E-state index in [1.165, 1.54) is 32.1 Å². The predicted molar refractivity (Wildman–Crippen MR) is 94.5 cm³/mol. The van der Waals surface area contributed by atoms with E-state index in [-0.39, 0.29) is 0 Å². The van der Waals surface area contributed by atoms with Crippen molar-refractivity contribution in [3.63, 3.8) is 0 Å². The average Bonchev–Trinajstić information content (AvgIpc) is 2.92. The maximum Gasteiger partial charge on any atom is 0.131 e. The van der Waals surface area contributed by atoms with Gasteiger partial charge in [-0.05, 0) is 33.7 Å². The maximum atomic E-state index is 2.49. The fourth-order valence-corrected chi connectivity index (χ4v) is 15.8. The van der Waals surface area contributed by atoms with Crippen LogP contribution in [0.2, 0.25) is 10.1 Å². The Balaban J connectivity index is 2.86. The molecule has 0 spiro atoms. The van der Waals surface area contributed by atoms with E-state index in [0.29, 0.717) is 10.1 Å². The first-order chi connectivity index (χ1) is 8.64. The molecule has 112 valence electrons. The second kappa shape index (κ2) is 5.97. The van der Waals surface area contributed by atoms with Crippen LogP contribution in [0.5, 0.6) is 0 Å². The Morgan fingerprint density at radius 3 is 1.74 bits per heavy atom. The molecule has 0 saturated heterocycles. The van der Waals surface area contributed by atoms with Crippen molar-refractivity contribution >= 4 is 19.8 Å². The molecule has 0 aliphatic carbocycles. The molecule has 1 heterocycles. The van der Waals surface area contributed by atoms with Crippen LogP contribution in [0.4, 0.5) is 0 Å². The third kappa shape index (κ3) is 3.00.